The maximum Gasteiger partial charge on any atom is 0.252 e. The number of amides is 1. The van der Waals surface area contributed by atoms with Crippen LogP contribution in [-0.2, 0) is 16.9 Å². The molecule has 3 rings (SSSR count). The van der Waals surface area contributed by atoms with Gasteiger partial charge in [0.25, 0.3) is 5.91 Å². The molecule has 2 heterocycles. The number of benzene rings is 1. The number of nitrogens with zero attached hydrogens (tertiary/aromatic N) is 4. The second kappa shape index (κ2) is 7.44. The molecule has 0 saturated carbocycles. The summed E-state index contributed by atoms with van der Waals surface area (Å²) in [6.07, 6.45) is 3.36. The molecule has 0 aliphatic carbocycles. The van der Waals surface area contributed by atoms with Crippen molar-refractivity contribution in [3.05, 3.63) is 63.2 Å². The van der Waals surface area contributed by atoms with Gasteiger partial charge in [-0.2, -0.15) is 10.2 Å². The fourth-order valence-corrected chi connectivity index (χ4v) is 3.03. The van der Waals surface area contributed by atoms with Gasteiger partial charge in [0.15, 0.2) is 5.82 Å². The minimum atomic E-state index is -0.899. The first-order chi connectivity index (χ1) is 12.7. The van der Waals surface area contributed by atoms with Gasteiger partial charge in [-0.25, -0.2) is 4.39 Å². The Balaban J connectivity index is 1.77. The van der Waals surface area contributed by atoms with E-state index in [4.69, 9.17) is 11.6 Å². The van der Waals surface area contributed by atoms with Gasteiger partial charge in [-0.1, -0.05) is 17.7 Å². The molecule has 9 heteroatoms. The number of aromatic nitrogens is 4. The van der Waals surface area contributed by atoms with Gasteiger partial charge in [-0.15, -0.1) is 0 Å². The van der Waals surface area contributed by atoms with Crippen LogP contribution in [-0.4, -0.2) is 25.5 Å². The van der Waals surface area contributed by atoms with Crippen molar-refractivity contribution < 1.29 is 9.18 Å². The van der Waals surface area contributed by atoms with Crippen LogP contribution in [0.15, 0.2) is 41.1 Å². The van der Waals surface area contributed by atoms with Gasteiger partial charge in [0.1, 0.15) is 11.4 Å². The van der Waals surface area contributed by atoms with Crippen LogP contribution < -0.4 is 5.32 Å². The van der Waals surface area contributed by atoms with Gasteiger partial charge in [-0.05, 0) is 54.4 Å². The SMILES string of the molecule is Cc1cc(NC(=O)C(C)(C)n2cc(Br)cn2)nn1Cc1ccc(F)cc1Cl. The molecule has 0 aliphatic heterocycles. The molecule has 0 bridgehead atoms. The predicted molar refractivity (Wildman–Crippen MR) is 105 cm³/mol. The summed E-state index contributed by atoms with van der Waals surface area (Å²) in [7, 11) is 0. The van der Waals surface area contributed by atoms with Crippen molar-refractivity contribution in [1.29, 1.82) is 0 Å². The van der Waals surface area contributed by atoms with Gasteiger partial charge in [0.05, 0.1) is 17.2 Å². The number of hydrogen-bond donors (Lipinski definition) is 1. The third-order valence-electron chi connectivity index (χ3n) is 4.24. The van der Waals surface area contributed by atoms with Crippen molar-refractivity contribution >= 4 is 39.3 Å². The number of nitrogens with one attached hydrogen (secondary N) is 1. The normalized spacial score (nSPS) is 11.6. The quantitative estimate of drug-likeness (QED) is 0.623. The zero-order chi connectivity index (χ0) is 19.8. The van der Waals surface area contributed by atoms with Crippen LogP contribution in [0.1, 0.15) is 25.1 Å². The Morgan fingerprint density at radius 1 is 1.37 bits per heavy atom. The number of carbonyl (C=O) groups excluding carboxylic acids is 1. The highest BCUT2D eigenvalue weighted by Gasteiger charge is 2.31. The minimum Gasteiger partial charge on any atom is -0.307 e. The summed E-state index contributed by atoms with van der Waals surface area (Å²) in [5, 5.41) is 11.8. The molecule has 3 aromatic rings. The maximum absolute atomic E-state index is 13.2. The molecule has 27 heavy (non-hydrogen) atoms. The molecule has 1 aromatic carbocycles. The molecule has 0 fully saturated rings. The zero-order valence-corrected chi connectivity index (χ0v) is 17.3. The van der Waals surface area contributed by atoms with Crippen LogP contribution in [0.25, 0.3) is 0 Å². The molecule has 0 spiro atoms. The number of anilines is 1. The Labute approximate surface area is 169 Å². The predicted octanol–water partition coefficient (Wildman–Crippen LogP) is 4.37. The standard InChI is InChI=1S/C18H18BrClFN5O/c1-11-6-16(23-17(27)18(2,3)26-10-13(19)8-22-26)24-25(11)9-12-4-5-14(21)7-15(12)20/h4-8,10H,9H2,1-3H3,(H,23,24,27). The van der Waals surface area contributed by atoms with E-state index in [9.17, 15) is 9.18 Å². The average molecular weight is 455 g/mol. The Hall–Kier alpha value is -2.19. The smallest absolute Gasteiger partial charge is 0.252 e. The van der Waals surface area contributed by atoms with E-state index in [2.05, 4.69) is 31.4 Å². The molecule has 0 aliphatic rings. The zero-order valence-electron chi connectivity index (χ0n) is 15.0. The van der Waals surface area contributed by atoms with Gasteiger partial charge in [0.2, 0.25) is 0 Å². The molecule has 1 N–H and O–H groups in total. The van der Waals surface area contributed by atoms with Crippen LogP contribution in [0.3, 0.4) is 0 Å². The van der Waals surface area contributed by atoms with Crippen LogP contribution in [0.5, 0.6) is 0 Å². The first-order valence-corrected chi connectivity index (χ1v) is 9.34. The fourth-order valence-electron chi connectivity index (χ4n) is 2.52. The van der Waals surface area contributed by atoms with E-state index in [1.165, 1.54) is 12.1 Å². The molecule has 1 amide bonds. The van der Waals surface area contributed by atoms with E-state index in [0.29, 0.717) is 17.4 Å². The lowest BCUT2D eigenvalue weighted by Gasteiger charge is -2.23. The molecule has 0 radical (unpaired) electrons. The summed E-state index contributed by atoms with van der Waals surface area (Å²) in [5.41, 5.74) is 0.679. The molecule has 0 atom stereocenters. The summed E-state index contributed by atoms with van der Waals surface area (Å²) >= 11 is 9.42. The van der Waals surface area contributed by atoms with Gasteiger partial charge >= 0.3 is 0 Å². The molecule has 142 valence electrons. The molecule has 0 unspecified atom stereocenters. The van der Waals surface area contributed by atoms with Crippen LogP contribution in [0, 0.1) is 12.7 Å². The molecular weight excluding hydrogens is 437 g/mol. The van der Waals surface area contributed by atoms with Crippen molar-refractivity contribution in [3.8, 4) is 0 Å². The lowest BCUT2D eigenvalue weighted by atomic mass is 10.1. The van der Waals surface area contributed by atoms with Gasteiger partial charge in [-0.3, -0.25) is 14.2 Å². The first kappa shape index (κ1) is 19.6. The number of carbonyl (C=O) groups is 1. The molecule has 2 aromatic heterocycles. The third kappa shape index (κ3) is 4.22. The van der Waals surface area contributed by atoms with E-state index in [1.54, 1.807) is 47.7 Å². The van der Waals surface area contributed by atoms with Crippen molar-refractivity contribution in [3.63, 3.8) is 0 Å². The summed E-state index contributed by atoms with van der Waals surface area (Å²) < 4.78 is 17.3. The Morgan fingerprint density at radius 3 is 2.74 bits per heavy atom. The average Bonchev–Trinajstić information content (AvgIpc) is 3.16. The first-order valence-electron chi connectivity index (χ1n) is 8.17. The number of aryl methyl sites for hydroxylation is 1. The highest BCUT2D eigenvalue weighted by atomic mass is 79.9. The Morgan fingerprint density at radius 2 is 2.11 bits per heavy atom. The largest absolute Gasteiger partial charge is 0.307 e. The lowest BCUT2D eigenvalue weighted by Crippen LogP contribution is -2.40. The maximum atomic E-state index is 13.2. The number of halogens is 3. The highest BCUT2D eigenvalue weighted by Crippen LogP contribution is 2.22. The summed E-state index contributed by atoms with van der Waals surface area (Å²) in [6, 6.07) is 6.01. The summed E-state index contributed by atoms with van der Waals surface area (Å²) in [4.78, 5) is 12.7. The van der Waals surface area contributed by atoms with Gasteiger partial charge < -0.3 is 5.32 Å². The second-order valence-corrected chi connectivity index (χ2v) is 8.00. The Bertz CT molecular complexity index is 998. The van der Waals surface area contributed by atoms with Crippen molar-refractivity contribution in [1.82, 2.24) is 19.6 Å². The summed E-state index contributed by atoms with van der Waals surface area (Å²) in [6.45, 7) is 5.78. The molecule has 6 nitrogen and oxygen atoms in total. The highest BCUT2D eigenvalue weighted by molar-refractivity contribution is 9.10. The third-order valence-corrected chi connectivity index (χ3v) is 5.00. The monoisotopic (exact) mass is 453 g/mol. The van der Waals surface area contributed by atoms with Gasteiger partial charge in [0, 0.05) is 23.0 Å². The number of rotatable bonds is 5. The van der Waals surface area contributed by atoms with E-state index in [-0.39, 0.29) is 11.7 Å². The second-order valence-electron chi connectivity index (χ2n) is 6.68. The molecular formula is C18H18BrClFN5O. The summed E-state index contributed by atoms with van der Waals surface area (Å²) in [5.74, 6) is -0.209. The topological polar surface area (TPSA) is 64.7 Å². The van der Waals surface area contributed by atoms with Crippen molar-refractivity contribution in [2.45, 2.75) is 32.9 Å². The molecule has 0 saturated heterocycles. The lowest BCUT2D eigenvalue weighted by molar-refractivity contribution is -0.123. The number of hydrogen-bond acceptors (Lipinski definition) is 3. The van der Waals surface area contributed by atoms with Crippen LogP contribution >= 0.6 is 27.5 Å². The fraction of sp³-hybridized carbons (Fsp3) is 0.278. The Kier molecular flexibility index (Phi) is 5.39. The van der Waals surface area contributed by atoms with Crippen LogP contribution in [0.2, 0.25) is 5.02 Å². The van der Waals surface area contributed by atoms with E-state index in [0.717, 1.165) is 15.7 Å². The van der Waals surface area contributed by atoms with E-state index in [1.807, 2.05) is 6.92 Å². The van der Waals surface area contributed by atoms with Crippen molar-refractivity contribution in [2.24, 2.45) is 0 Å². The van der Waals surface area contributed by atoms with Crippen LogP contribution in [0.4, 0.5) is 10.2 Å². The minimum absolute atomic E-state index is 0.248. The van der Waals surface area contributed by atoms with Crippen molar-refractivity contribution in [2.75, 3.05) is 5.32 Å². The van der Waals surface area contributed by atoms with E-state index < -0.39 is 5.54 Å². The van der Waals surface area contributed by atoms with E-state index >= 15 is 0 Å².